The lowest BCUT2D eigenvalue weighted by Gasteiger charge is -2.38. The van der Waals surface area contributed by atoms with Crippen LogP contribution in [0.4, 0.5) is 0 Å². The van der Waals surface area contributed by atoms with Gasteiger partial charge in [0.15, 0.2) is 0 Å². The van der Waals surface area contributed by atoms with Crippen LogP contribution in [-0.2, 0) is 11.8 Å². The summed E-state index contributed by atoms with van der Waals surface area (Å²) in [5.74, 6) is 3.14. The molecule has 0 aliphatic carbocycles. The molecule has 23 heavy (non-hydrogen) atoms. The van der Waals surface area contributed by atoms with Crippen LogP contribution < -0.4 is 20.1 Å². The fraction of sp³-hybridized carbons (Fsp3) is 0.0526. The topological polar surface area (TPSA) is 18.5 Å². The molecular weight excluding hydrogens is 323 g/mol. The molecule has 0 aromatic heterocycles. The zero-order valence-corrected chi connectivity index (χ0v) is 14.4. The average molecular weight is 338 g/mol. The molecule has 2 aliphatic rings. The summed E-state index contributed by atoms with van der Waals surface area (Å²) in [5.41, 5.74) is 0. The van der Waals surface area contributed by atoms with Crippen LogP contribution in [0.3, 0.4) is 0 Å². The Balaban J connectivity index is 2.17. The van der Waals surface area contributed by atoms with Crippen molar-refractivity contribution in [2.24, 2.45) is 0 Å². The van der Waals surface area contributed by atoms with E-state index in [1.807, 2.05) is 49.4 Å². The molecule has 2 aromatic rings. The van der Waals surface area contributed by atoms with Gasteiger partial charge in [0, 0.05) is 10.6 Å². The molecule has 114 valence electrons. The van der Waals surface area contributed by atoms with E-state index < -0.39 is 6.04 Å². The maximum absolute atomic E-state index is 6.33. The standard InChI is InChI=1S/C19H15O2PS/c1-3-13-19-14(4-2)21-16-10-6-8-12-18(16)22(19,23)17-11-7-5-9-15(17)20-13/h3-12H,1H2,2H3/b14-4+. The van der Waals surface area contributed by atoms with Crippen LogP contribution in [0.1, 0.15) is 6.92 Å². The lowest BCUT2D eigenvalue weighted by molar-refractivity contribution is 0.412. The number of benzene rings is 2. The lowest BCUT2D eigenvalue weighted by Crippen LogP contribution is -2.30. The van der Waals surface area contributed by atoms with E-state index in [2.05, 4.69) is 18.7 Å². The van der Waals surface area contributed by atoms with E-state index in [1.165, 1.54) is 0 Å². The van der Waals surface area contributed by atoms with E-state index in [1.54, 1.807) is 6.08 Å². The Morgan fingerprint density at radius 2 is 1.52 bits per heavy atom. The second-order valence-electron chi connectivity index (χ2n) is 5.32. The van der Waals surface area contributed by atoms with Crippen molar-refractivity contribution in [3.05, 3.63) is 84.1 Å². The smallest absolute Gasteiger partial charge is 0.139 e. The van der Waals surface area contributed by atoms with E-state index in [0.717, 1.165) is 33.2 Å². The summed E-state index contributed by atoms with van der Waals surface area (Å²) in [6.07, 6.45) is 3.68. The van der Waals surface area contributed by atoms with Gasteiger partial charge in [0.2, 0.25) is 0 Å². The van der Waals surface area contributed by atoms with Crippen molar-refractivity contribution in [3.63, 3.8) is 0 Å². The van der Waals surface area contributed by atoms with Gasteiger partial charge in [0.1, 0.15) is 23.0 Å². The molecule has 0 bridgehead atoms. The normalized spacial score (nSPS) is 23.3. The van der Waals surface area contributed by atoms with E-state index in [-0.39, 0.29) is 0 Å². The van der Waals surface area contributed by atoms with Crippen LogP contribution in [-0.4, -0.2) is 0 Å². The Morgan fingerprint density at radius 3 is 2.09 bits per heavy atom. The largest absolute Gasteiger partial charge is 0.456 e. The molecule has 0 saturated carbocycles. The number of rotatable bonds is 1. The highest BCUT2D eigenvalue weighted by molar-refractivity contribution is 8.24. The Hall–Kier alpha value is -2.09. The molecule has 1 atom stereocenters. The Morgan fingerprint density at radius 1 is 0.957 bits per heavy atom. The minimum Gasteiger partial charge on any atom is -0.456 e. The van der Waals surface area contributed by atoms with E-state index in [4.69, 9.17) is 21.3 Å². The summed E-state index contributed by atoms with van der Waals surface area (Å²) < 4.78 is 12.2. The third-order valence-corrected chi connectivity index (χ3v) is 8.97. The minimum absolute atomic E-state index is 0.703. The van der Waals surface area contributed by atoms with Gasteiger partial charge in [-0.2, -0.15) is 0 Å². The molecule has 2 aromatic carbocycles. The SMILES string of the molecule is C=CC1=C2/C(=C\C)Oc3ccccc3P2(=S)c2ccccc2O1. The molecule has 0 N–H and O–H groups in total. The quantitative estimate of drug-likeness (QED) is 0.726. The van der Waals surface area contributed by atoms with Crippen molar-refractivity contribution in [2.75, 3.05) is 0 Å². The summed E-state index contributed by atoms with van der Waals surface area (Å²) >= 11 is 6.33. The molecule has 4 rings (SSSR count). The third-order valence-electron chi connectivity index (χ3n) is 4.08. The van der Waals surface area contributed by atoms with Gasteiger partial charge < -0.3 is 9.47 Å². The molecule has 0 fully saturated rings. The van der Waals surface area contributed by atoms with Gasteiger partial charge >= 0.3 is 0 Å². The van der Waals surface area contributed by atoms with Gasteiger partial charge in [0.25, 0.3) is 0 Å². The Bertz CT molecular complexity index is 940. The van der Waals surface area contributed by atoms with Gasteiger partial charge in [-0.25, -0.2) is 0 Å². The number of hydrogen-bond acceptors (Lipinski definition) is 3. The molecule has 2 heterocycles. The number of para-hydroxylation sites is 2. The molecule has 0 radical (unpaired) electrons. The minimum atomic E-state index is -2.22. The lowest BCUT2D eigenvalue weighted by atomic mass is 10.3. The van der Waals surface area contributed by atoms with Crippen molar-refractivity contribution in [3.8, 4) is 11.5 Å². The van der Waals surface area contributed by atoms with Crippen molar-refractivity contribution in [1.29, 1.82) is 0 Å². The van der Waals surface area contributed by atoms with Crippen LogP contribution in [0.25, 0.3) is 0 Å². The first-order valence-corrected chi connectivity index (χ1v) is 10.2. The summed E-state index contributed by atoms with van der Waals surface area (Å²) in [5, 5.41) is 3.11. The summed E-state index contributed by atoms with van der Waals surface area (Å²) in [6.45, 7) is 5.87. The number of allylic oxidation sites excluding steroid dienone is 3. The summed E-state index contributed by atoms with van der Waals surface area (Å²) in [4.78, 5) is 0. The molecule has 0 spiro atoms. The van der Waals surface area contributed by atoms with Crippen LogP contribution in [0, 0.1) is 0 Å². The Labute approximate surface area is 140 Å². The molecule has 2 aliphatic heterocycles. The van der Waals surface area contributed by atoms with Crippen LogP contribution >= 0.6 is 6.04 Å². The second kappa shape index (κ2) is 5.23. The molecule has 0 saturated heterocycles. The van der Waals surface area contributed by atoms with E-state index >= 15 is 0 Å². The molecule has 2 nitrogen and oxygen atoms in total. The first-order chi connectivity index (χ1) is 11.2. The number of ether oxygens (including phenoxy) is 2. The maximum atomic E-state index is 6.33. The van der Waals surface area contributed by atoms with E-state index in [0.29, 0.717) is 5.76 Å². The summed E-state index contributed by atoms with van der Waals surface area (Å²) in [6, 6.07) is 13.9. The van der Waals surface area contributed by atoms with E-state index in [9.17, 15) is 0 Å². The maximum Gasteiger partial charge on any atom is 0.139 e. The highest BCUT2D eigenvalue weighted by atomic mass is 32.4. The van der Waals surface area contributed by atoms with Crippen molar-refractivity contribution in [2.45, 2.75) is 6.92 Å². The van der Waals surface area contributed by atoms with Crippen LogP contribution in [0.15, 0.2) is 84.1 Å². The fourth-order valence-corrected chi connectivity index (χ4v) is 7.65. The van der Waals surface area contributed by atoms with Crippen LogP contribution in [0.2, 0.25) is 0 Å². The first-order valence-electron chi connectivity index (χ1n) is 7.39. The molecule has 1 unspecified atom stereocenters. The highest BCUT2D eigenvalue weighted by Crippen LogP contribution is 2.63. The first kappa shape index (κ1) is 14.5. The van der Waals surface area contributed by atoms with Gasteiger partial charge in [-0.05, 0) is 43.3 Å². The average Bonchev–Trinajstić information content (AvgIpc) is 2.60. The number of fused-ring (bicyclic) bond motifs is 5. The third kappa shape index (κ3) is 1.90. The van der Waals surface area contributed by atoms with Gasteiger partial charge in [-0.15, -0.1) is 0 Å². The summed E-state index contributed by atoms with van der Waals surface area (Å²) in [7, 11) is 0. The van der Waals surface area contributed by atoms with Crippen molar-refractivity contribution < 1.29 is 9.47 Å². The predicted octanol–water partition coefficient (Wildman–Crippen LogP) is 4.20. The number of hydrogen-bond donors (Lipinski definition) is 0. The van der Waals surface area contributed by atoms with Crippen molar-refractivity contribution in [1.82, 2.24) is 0 Å². The monoisotopic (exact) mass is 338 g/mol. The Kier molecular flexibility index (Phi) is 3.29. The zero-order valence-electron chi connectivity index (χ0n) is 12.7. The van der Waals surface area contributed by atoms with Gasteiger partial charge in [-0.1, -0.05) is 42.7 Å². The van der Waals surface area contributed by atoms with Crippen molar-refractivity contribution >= 4 is 28.5 Å². The fourth-order valence-electron chi connectivity index (χ4n) is 3.08. The van der Waals surface area contributed by atoms with Crippen LogP contribution in [0.5, 0.6) is 11.5 Å². The predicted molar refractivity (Wildman–Crippen MR) is 98.7 cm³/mol. The molecule has 0 amide bonds. The zero-order chi connectivity index (χ0) is 16.0. The van der Waals surface area contributed by atoms with Gasteiger partial charge in [-0.3, -0.25) is 0 Å². The molecular formula is C19H15O2PS. The second-order valence-corrected chi connectivity index (χ2v) is 9.59. The molecule has 4 heteroatoms. The van der Waals surface area contributed by atoms with Gasteiger partial charge in [0.05, 0.1) is 11.4 Å². The highest BCUT2D eigenvalue weighted by Gasteiger charge is 2.43.